The lowest BCUT2D eigenvalue weighted by Crippen LogP contribution is -1.98. The zero-order valence-corrected chi connectivity index (χ0v) is 6.66. The molecule has 0 aromatic heterocycles. The molecule has 0 fully saturated rings. The molecule has 0 aromatic rings. The van der Waals surface area contributed by atoms with Crippen molar-refractivity contribution in [1.29, 1.82) is 0 Å². The summed E-state index contributed by atoms with van der Waals surface area (Å²) in [7, 11) is 0.376. The molecule has 0 N–H and O–H groups in total. The summed E-state index contributed by atoms with van der Waals surface area (Å²) in [5.74, 6) is -0.520. The number of hydrogen-bond acceptors (Lipinski definition) is 2. The van der Waals surface area contributed by atoms with Crippen molar-refractivity contribution in [1.82, 2.24) is 0 Å². The van der Waals surface area contributed by atoms with Crippen LogP contribution in [0.4, 0.5) is 0 Å². The maximum Gasteiger partial charge on any atom is 0.335 e. The highest BCUT2D eigenvalue weighted by molar-refractivity contribution is 6.41. The number of carbonyl (C=O) groups is 1. The molecule has 0 saturated carbocycles. The van der Waals surface area contributed by atoms with Gasteiger partial charge in [0, 0.05) is 0 Å². The van der Waals surface area contributed by atoms with Crippen LogP contribution in [0, 0.1) is 0 Å². The minimum absolute atomic E-state index is 0.0602. The largest absolute Gasteiger partial charge is 0.525 e. The maximum atomic E-state index is 10.1. The molecule has 0 rings (SSSR count). The van der Waals surface area contributed by atoms with E-state index in [0.717, 1.165) is 0 Å². The lowest BCUT2D eigenvalue weighted by atomic mass is 10.7. The Bertz CT molecular complexity index is 101. The minimum atomic E-state index is -0.520. The smallest absolute Gasteiger partial charge is 0.335 e. The molecule has 0 spiro atoms. The van der Waals surface area contributed by atoms with Crippen molar-refractivity contribution in [3.8, 4) is 0 Å². The van der Waals surface area contributed by atoms with Gasteiger partial charge < -0.3 is 4.43 Å². The zero-order chi connectivity index (χ0) is 5.86. The summed E-state index contributed by atoms with van der Waals surface area (Å²) in [5.41, 5.74) is 0. The molecule has 40 valence electrons. The summed E-state index contributed by atoms with van der Waals surface area (Å²) in [5, 5.41) is -0.0602. The van der Waals surface area contributed by atoms with Crippen LogP contribution in [0.1, 0.15) is 0 Å². The van der Waals surface area contributed by atoms with E-state index in [4.69, 9.17) is 11.6 Å². The molecule has 0 radical (unpaired) electrons. The highest BCUT2D eigenvalue weighted by Crippen LogP contribution is 1.96. The fourth-order valence-corrected chi connectivity index (χ4v) is 0.564. The van der Waals surface area contributed by atoms with E-state index < -0.39 is 5.97 Å². The molecule has 0 unspecified atom stereocenters. The minimum Gasteiger partial charge on any atom is -0.525 e. The molecule has 0 aliphatic heterocycles. The lowest BCUT2D eigenvalue weighted by molar-refractivity contribution is -0.129. The molecule has 2 nitrogen and oxygen atoms in total. The van der Waals surface area contributed by atoms with Crippen molar-refractivity contribution in [2.45, 2.75) is 0 Å². The molecule has 0 amide bonds. The number of halogens is 1. The third-order valence-corrected chi connectivity index (χ3v) is 0.932. The normalized spacial score (nSPS) is 8.14. The van der Waals surface area contributed by atoms with E-state index in [-0.39, 0.29) is 5.03 Å². The first-order valence-electron chi connectivity index (χ1n) is 1.61. The van der Waals surface area contributed by atoms with E-state index in [2.05, 4.69) is 11.0 Å². The van der Waals surface area contributed by atoms with Gasteiger partial charge in [0.25, 0.3) is 0 Å². The quantitative estimate of drug-likeness (QED) is 0.361. The first kappa shape index (κ1) is 6.72. The van der Waals surface area contributed by atoms with Crippen molar-refractivity contribution in [2.24, 2.45) is 0 Å². The summed E-state index contributed by atoms with van der Waals surface area (Å²) in [6, 6.07) is 0. The predicted octanol–water partition coefficient (Wildman–Crippen LogP) is -0.438. The standard InChI is InChI=1S/C3H5ClO2Si/c1-2(4)3(5)6-7/h1H2,7H3. The van der Waals surface area contributed by atoms with Crippen LogP contribution in [0.2, 0.25) is 0 Å². The Labute approximate surface area is 49.7 Å². The zero-order valence-electron chi connectivity index (χ0n) is 3.90. The summed E-state index contributed by atoms with van der Waals surface area (Å²) in [6.07, 6.45) is 0. The van der Waals surface area contributed by atoms with Gasteiger partial charge in [-0.1, -0.05) is 18.2 Å². The lowest BCUT2D eigenvalue weighted by Gasteiger charge is -1.90. The van der Waals surface area contributed by atoms with Crippen LogP contribution >= 0.6 is 11.6 Å². The highest BCUT2D eigenvalue weighted by atomic mass is 35.5. The Balaban J connectivity index is 3.58. The van der Waals surface area contributed by atoms with Crippen molar-refractivity contribution in [3.63, 3.8) is 0 Å². The molecule has 0 saturated heterocycles. The maximum absolute atomic E-state index is 10.1. The third-order valence-electron chi connectivity index (χ3n) is 0.407. The Kier molecular flexibility index (Phi) is 2.71. The SMILES string of the molecule is C=C(Cl)C(=O)O[SiH3]. The molecule has 0 heterocycles. The Morgan fingerprint density at radius 2 is 2.29 bits per heavy atom. The topological polar surface area (TPSA) is 26.3 Å². The van der Waals surface area contributed by atoms with Crippen molar-refractivity contribution >= 4 is 28.1 Å². The highest BCUT2D eigenvalue weighted by Gasteiger charge is 1.97. The van der Waals surface area contributed by atoms with Gasteiger partial charge in [-0.3, -0.25) is 0 Å². The van der Waals surface area contributed by atoms with Gasteiger partial charge in [-0.2, -0.15) is 0 Å². The van der Waals surface area contributed by atoms with Crippen molar-refractivity contribution < 1.29 is 9.22 Å². The molecule has 0 aromatic carbocycles. The summed E-state index contributed by atoms with van der Waals surface area (Å²) >= 11 is 5.08. The molecule has 0 aliphatic carbocycles. The van der Waals surface area contributed by atoms with Gasteiger partial charge in [-0.05, 0) is 0 Å². The van der Waals surface area contributed by atoms with Crippen LogP contribution < -0.4 is 0 Å². The number of rotatable bonds is 1. The van der Waals surface area contributed by atoms with Gasteiger partial charge in [-0.25, -0.2) is 4.79 Å². The van der Waals surface area contributed by atoms with E-state index in [9.17, 15) is 4.79 Å². The third kappa shape index (κ3) is 2.42. The molecular weight excluding hydrogens is 132 g/mol. The molecule has 7 heavy (non-hydrogen) atoms. The van der Waals surface area contributed by atoms with Gasteiger partial charge in [0.15, 0.2) is 0 Å². The van der Waals surface area contributed by atoms with Crippen molar-refractivity contribution in [3.05, 3.63) is 11.6 Å². The van der Waals surface area contributed by atoms with E-state index in [1.165, 1.54) is 0 Å². The Hall–Kier alpha value is -0.283. The van der Waals surface area contributed by atoms with Crippen LogP contribution in [0.15, 0.2) is 11.6 Å². The van der Waals surface area contributed by atoms with Crippen LogP contribution in [0.5, 0.6) is 0 Å². The summed E-state index contributed by atoms with van der Waals surface area (Å²) < 4.78 is 4.28. The molecule has 0 bridgehead atoms. The van der Waals surface area contributed by atoms with Gasteiger partial charge >= 0.3 is 5.97 Å². The van der Waals surface area contributed by atoms with Gasteiger partial charge in [0.05, 0.1) is 0 Å². The molecule has 0 aliphatic rings. The van der Waals surface area contributed by atoms with Crippen LogP contribution in [0.3, 0.4) is 0 Å². The monoisotopic (exact) mass is 136 g/mol. The van der Waals surface area contributed by atoms with Gasteiger partial charge in [-0.15, -0.1) is 0 Å². The van der Waals surface area contributed by atoms with E-state index >= 15 is 0 Å². The first-order valence-corrected chi connectivity index (χ1v) is 2.80. The fraction of sp³-hybridized carbons (Fsp3) is 0. The second-order valence-electron chi connectivity index (χ2n) is 0.896. The summed E-state index contributed by atoms with van der Waals surface area (Å²) in [4.78, 5) is 10.1. The van der Waals surface area contributed by atoms with E-state index in [1.54, 1.807) is 0 Å². The van der Waals surface area contributed by atoms with Crippen LogP contribution in [-0.4, -0.2) is 16.5 Å². The second kappa shape index (κ2) is 2.82. The Morgan fingerprint density at radius 3 is 2.29 bits per heavy atom. The average molecular weight is 137 g/mol. The molecule has 0 atom stereocenters. The van der Waals surface area contributed by atoms with E-state index in [0.29, 0.717) is 10.5 Å². The number of hydrogen-bond donors (Lipinski definition) is 0. The van der Waals surface area contributed by atoms with E-state index in [1.807, 2.05) is 0 Å². The van der Waals surface area contributed by atoms with Gasteiger partial charge in [0.1, 0.15) is 5.03 Å². The second-order valence-corrected chi connectivity index (χ2v) is 1.76. The molecular formula is C3H5ClO2Si. The Morgan fingerprint density at radius 1 is 1.86 bits per heavy atom. The predicted molar refractivity (Wildman–Crippen MR) is 31.0 cm³/mol. The first-order chi connectivity index (χ1) is 3.18. The van der Waals surface area contributed by atoms with Gasteiger partial charge in [0.2, 0.25) is 10.5 Å². The molecule has 4 heteroatoms. The van der Waals surface area contributed by atoms with Crippen LogP contribution in [0.25, 0.3) is 0 Å². The van der Waals surface area contributed by atoms with Crippen LogP contribution in [-0.2, 0) is 9.22 Å². The van der Waals surface area contributed by atoms with Crippen molar-refractivity contribution in [2.75, 3.05) is 0 Å². The fourth-order valence-electron chi connectivity index (χ4n) is 0.111. The summed E-state index contributed by atoms with van der Waals surface area (Å²) in [6.45, 7) is 3.14. The average Bonchev–Trinajstić information content (AvgIpc) is 1.65. The number of carbonyl (C=O) groups excluding carboxylic acids is 1.